The molecule has 0 amide bonds. The number of nitrogens with zero attached hydrogens (tertiary/aromatic N) is 1. The fourth-order valence-electron chi connectivity index (χ4n) is 1.00. The summed E-state index contributed by atoms with van der Waals surface area (Å²) in [6.07, 6.45) is 1.89. The number of ether oxygens (including phenoxy) is 1. The van der Waals surface area contributed by atoms with Crippen molar-refractivity contribution in [3.05, 3.63) is 11.8 Å². The van der Waals surface area contributed by atoms with E-state index in [-0.39, 0.29) is 5.90 Å². The number of morpholine rings is 1. The molecule has 1 saturated heterocycles. The van der Waals surface area contributed by atoms with Gasteiger partial charge in [-0.25, -0.2) is 0 Å². The molecule has 1 aliphatic heterocycles. The van der Waals surface area contributed by atoms with Crippen molar-refractivity contribution >= 4 is 5.90 Å². The molecule has 1 rings (SSSR count). The molecule has 1 fully saturated rings. The van der Waals surface area contributed by atoms with E-state index in [2.05, 4.69) is 0 Å². The number of nitrogens with one attached hydrogen (secondary N) is 1. The Hall–Kier alpha value is -0.990. The lowest BCUT2D eigenvalue weighted by Gasteiger charge is -2.27. The van der Waals surface area contributed by atoms with Gasteiger partial charge in [0.2, 0.25) is 5.90 Å². The Labute approximate surface area is 60.8 Å². The third-order valence-corrected chi connectivity index (χ3v) is 1.59. The van der Waals surface area contributed by atoms with Crippen LogP contribution in [0.25, 0.3) is 0 Å². The van der Waals surface area contributed by atoms with Gasteiger partial charge in [0.1, 0.15) is 6.61 Å². The zero-order valence-corrected chi connectivity index (χ0v) is 6.35. The molecule has 3 heteroatoms. The average molecular weight is 140 g/mol. The molecule has 0 saturated carbocycles. The van der Waals surface area contributed by atoms with Crippen LogP contribution >= 0.6 is 0 Å². The van der Waals surface area contributed by atoms with Gasteiger partial charge in [-0.1, -0.05) is 6.08 Å². The van der Waals surface area contributed by atoms with E-state index in [0.29, 0.717) is 6.61 Å². The molecule has 0 bridgehead atoms. The molecular weight excluding hydrogens is 128 g/mol. The van der Waals surface area contributed by atoms with Crippen molar-refractivity contribution < 1.29 is 4.74 Å². The van der Waals surface area contributed by atoms with Gasteiger partial charge in [0.15, 0.2) is 0 Å². The zero-order chi connectivity index (χ0) is 7.56. The first kappa shape index (κ1) is 7.12. The van der Waals surface area contributed by atoms with E-state index >= 15 is 0 Å². The summed E-state index contributed by atoms with van der Waals surface area (Å²) in [6, 6.07) is 0. The first-order chi connectivity index (χ1) is 4.75. The smallest absolute Gasteiger partial charge is 0.229 e. The summed E-state index contributed by atoms with van der Waals surface area (Å²) in [7, 11) is 1.96. The molecule has 1 aliphatic rings. The minimum atomic E-state index is 0.288. The molecule has 0 unspecified atom stereocenters. The van der Waals surface area contributed by atoms with Crippen LogP contribution in [0.1, 0.15) is 6.92 Å². The Bertz CT molecular complexity index is 174. The molecule has 56 valence electrons. The van der Waals surface area contributed by atoms with Gasteiger partial charge in [-0.15, -0.1) is 0 Å². The Kier molecular flexibility index (Phi) is 1.94. The molecule has 0 spiro atoms. The largest absolute Gasteiger partial charge is 0.475 e. The molecule has 0 aliphatic carbocycles. The van der Waals surface area contributed by atoms with E-state index in [1.165, 1.54) is 0 Å². The van der Waals surface area contributed by atoms with Crippen LogP contribution in [0.3, 0.4) is 0 Å². The maximum Gasteiger partial charge on any atom is 0.229 e. The lowest BCUT2D eigenvalue weighted by molar-refractivity contribution is 0.216. The third-order valence-electron chi connectivity index (χ3n) is 1.59. The second kappa shape index (κ2) is 2.73. The maximum absolute atomic E-state index is 7.34. The van der Waals surface area contributed by atoms with Crippen molar-refractivity contribution in [3.63, 3.8) is 0 Å². The first-order valence-electron chi connectivity index (χ1n) is 3.35. The van der Waals surface area contributed by atoms with Crippen LogP contribution in [0.2, 0.25) is 0 Å². The van der Waals surface area contributed by atoms with Gasteiger partial charge in [-0.05, 0) is 6.92 Å². The lowest BCUT2D eigenvalue weighted by atomic mass is 10.3. The summed E-state index contributed by atoms with van der Waals surface area (Å²) in [6.45, 7) is 3.42. The van der Waals surface area contributed by atoms with Gasteiger partial charge in [0, 0.05) is 7.05 Å². The number of hydrogen-bond acceptors (Lipinski definition) is 3. The van der Waals surface area contributed by atoms with Gasteiger partial charge in [0.25, 0.3) is 0 Å². The maximum atomic E-state index is 7.34. The van der Waals surface area contributed by atoms with E-state index in [4.69, 9.17) is 10.1 Å². The van der Waals surface area contributed by atoms with Crippen LogP contribution in [0.15, 0.2) is 11.8 Å². The molecule has 3 nitrogen and oxygen atoms in total. The van der Waals surface area contributed by atoms with Crippen LogP contribution < -0.4 is 0 Å². The second-order valence-electron chi connectivity index (χ2n) is 2.27. The quantitative estimate of drug-likeness (QED) is 0.541. The predicted octanol–water partition coefficient (Wildman–Crippen LogP) is 0.829. The Morgan fingerprint density at radius 1 is 1.70 bits per heavy atom. The minimum absolute atomic E-state index is 0.288. The molecule has 0 atom stereocenters. The number of likely N-dealkylation sites (N-methyl/N-ethyl adjacent to an activating group) is 1. The lowest BCUT2D eigenvalue weighted by Crippen LogP contribution is -2.34. The highest BCUT2D eigenvalue weighted by Crippen LogP contribution is 2.08. The van der Waals surface area contributed by atoms with Gasteiger partial charge in [-0.3, -0.25) is 5.41 Å². The molecule has 1 heterocycles. The number of hydrogen-bond donors (Lipinski definition) is 1. The van der Waals surface area contributed by atoms with E-state index in [1.807, 2.05) is 24.9 Å². The summed E-state index contributed by atoms with van der Waals surface area (Å²) in [5.41, 5.74) is 0.881. The van der Waals surface area contributed by atoms with E-state index in [0.717, 1.165) is 12.2 Å². The number of rotatable bonds is 0. The number of allylic oxidation sites excluding steroid dienone is 1. The van der Waals surface area contributed by atoms with E-state index in [1.54, 1.807) is 0 Å². The summed E-state index contributed by atoms with van der Waals surface area (Å²) >= 11 is 0. The summed E-state index contributed by atoms with van der Waals surface area (Å²) in [5.74, 6) is 0.288. The highest BCUT2D eigenvalue weighted by atomic mass is 16.5. The van der Waals surface area contributed by atoms with Crippen LogP contribution in [0.4, 0.5) is 0 Å². The van der Waals surface area contributed by atoms with Gasteiger partial charge >= 0.3 is 0 Å². The van der Waals surface area contributed by atoms with Gasteiger partial charge in [-0.2, -0.15) is 0 Å². The zero-order valence-electron chi connectivity index (χ0n) is 6.35. The normalized spacial score (nSPS) is 23.2. The van der Waals surface area contributed by atoms with Crippen molar-refractivity contribution in [2.24, 2.45) is 0 Å². The van der Waals surface area contributed by atoms with Crippen molar-refractivity contribution in [2.75, 3.05) is 20.2 Å². The molecule has 0 aromatic heterocycles. The molecule has 1 N–H and O–H groups in total. The summed E-state index contributed by atoms with van der Waals surface area (Å²) in [5, 5.41) is 7.34. The van der Waals surface area contributed by atoms with Gasteiger partial charge < -0.3 is 9.64 Å². The second-order valence-corrected chi connectivity index (χ2v) is 2.27. The van der Waals surface area contributed by atoms with E-state index in [9.17, 15) is 0 Å². The predicted molar refractivity (Wildman–Crippen MR) is 40.1 cm³/mol. The van der Waals surface area contributed by atoms with E-state index < -0.39 is 0 Å². The Balaban J connectivity index is 2.73. The Morgan fingerprint density at radius 3 is 2.80 bits per heavy atom. The van der Waals surface area contributed by atoms with Crippen molar-refractivity contribution in [1.29, 1.82) is 5.41 Å². The molecule has 0 aromatic carbocycles. The highest BCUT2D eigenvalue weighted by Gasteiger charge is 2.15. The monoisotopic (exact) mass is 140 g/mol. The standard InChI is InChI=1S/C7H12N2O/c1-3-6-7(8)10-5-4-9(6)2/h3,8H,4-5H2,1-2H3. The molecule has 10 heavy (non-hydrogen) atoms. The third kappa shape index (κ3) is 1.12. The fourth-order valence-corrected chi connectivity index (χ4v) is 1.00. The minimum Gasteiger partial charge on any atom is -0.475 e. The first-order valence-corrected chi connectivity index (χ1v) is 3.35. The average Bonchev–Trinajstić information content (AvgIpc) is 1.88. The topological polar surface area (TPSA) is 36.3 Å². The van der Waals surface area contributed by atoms with Crippen LogP contribution in [-0.2, 0) is 4.74 Å². The molecule has 0 aromatic rings. The Morgan fingerprint density at radius 2 is 2.40 bits per heavy atom. The fraction of sp³-hybridized carbons (Fsp3) is 0.571. The van der Waals surface area contributed by atoms with Crippen molar-refractivity contribution in [1.82, 2.24) is 4.90 Å². The summed E-state index contributed by atoms with van der Waals surface area (Å²) < 4.78 is 5.03. The SMILES string of the molecule is CC=C1C(=N)OCCN1C. The van der Waals surface area contributed by atoms with Crippen LogP contribution in [0, 0.1) is 5.41 Å². The van der Waals surface area contributed by atoms with Crippen molar-refractivity contribution in [3.8, 4) is 0 Å². The molecular formula is C7H12N2O. The van der Waals surface area contributed by atoms with Crippen LogP contribution in [-0.4, -0.2) is 31.0 Å². The summed E-state index contributed by atoms with van der Waals surface area (Å²) in [4.78, 5) is 2.02. The van der Waals surface area contributed by atoms with Crippen LogP contribution in [0.5, 0.6) is 0 Å². The molecule has 0 radical (unpaired) electrons. The van der Waals surface area contributed by atoms with Gasteiger partial charge in [0.05, 0.1) is 12.2 Å². The highest BCUT2D eigenvalue weighted by molar-refractivity contribution is 5.90. The van der Waals surface area contributed by atoms with Crippen molar-refractivity contribution in [2.45, 2.75) is 6.92 Å².